The fourth-order valence-electron chi connectivity index (χ4n) is 3.51. The summed E-state index contributed by atoms with van der Waals surface area (Å²) in [5.74, 6) is 1.62. The first-order chi connectivity index (χ1) is 11.2. The van der Waals surface area contributed by atoms with Crippen molar-refractivity contribution in [2.24, 2.45) is 5.92 Å². The molecular weight excluding hydrogens is 306 g/mol. The van der Waals surface area contributed by atoms with Crippen molar-refractivity contribution < 1.29 is 9.53 Å². The van der Waals surface area contributed by atoms with Gasteiger partial charge in [-0.15, -0.1) is 11.3 Å². The van der Waals surface area contributed by atoms with Gasteiger partial charge in [0.25, 0.3) is 5.91 Å². The van der Waals surface area contributed by atoms with Crippen molar-refractivity contribution in [2.75, 3.05) is 13.2 Å². The molecule has 0 bridgehead atoms. The van der Waals surface area contributed by atoms with Gasteiger partial charge < -0.3 is 9.64 Å². The van der Waals surface area contributed by atoms with Crippen molar-refractivity contribution >= 4 is 17.2 Å². The molecule has 0 aliphatic heterocycles. The Balaban J connectivity index is 1.56. The predicted octanol–water partition coefficient (Wildman–Crippen LogP) is 4.52. The van der Waals surface area contributed by atoms with Gasteiger partial charge in [-0.2, -0.15) is 0 Å². The molecule has 0 radical (unpaired) electrons. The Morgan fingerprint density at radius 2 is 2.30 bits per heavy atom. The number of thiophene rings is 1. The maximum atomic E-state index is 12.4. The van der Waals surface area contributed by atoms with Crippen LogP contribution in [0.5, 0.6) is 0 Å². The van der Waals surface area contributed by atoms with Crippen molar-refractivity contribution in [2.45, 2.75) is 46.1 Å². The molecule has 3 rings (SSSR count). The topological polar surface area (TPSA) is 29.5 Å². The Kier molecular flexibility index (Phi) is 5.21. The summed E-state index contributed by atoms with van der Waals surface area (Å²) in [6.45, 7) is 5.84. The molecule has 0 N–H and O–H groups in total. The van der Waals surface area contributed by atoms with Crippen LogP contribution in [0.1, 0.15) is 44.4 Å². The van der Waals surface area contributed by atoms with Crippen LogP contribution < -0.4 is 0 Å². The van der Waals surface area contributed by atoms with E-state index in [0.717, 1.165) is 12.2 Å². The van der Waals surface area contributed by atoms with E-state index in [0.29, 0.717) is 19.0 Å². The lowest BCUT2D eigenvalue weighted by atomic mass is 9.89. The third-order valence-corrected chi connectivity index (χ3v) is 5.65. The summed E-state index contributed by atoms with van der Waals surface area (Å²) in [4.78, 5) is 15.5. The predicted molar refractivity (Wildman–Crippen MR) is 94.1 cm³/mol. The van der Waals surface area contributed by atoms with Crippen molar-refractivity contribution in [1.82, 2.24) is 4.90 Å². The van der Waals surface area contributed by atoms with E-state index < -0.39 is 0 Å². The summed E-state index contributed by atoms with van der Waals surface area (Å²) >= 11 is 1.69. The maximum absolute atomic E-state index is 12.4. The van der Waals surface area contributed by atoms with Gasteiger partial charge in [-0.3, -0.25) is 4.79 Å². The first-order valence-electron chi connectivity index (χ1n) is 8.52. The zero-order valence-corrected chi connectivity index (χ0v) is 14.8. The number of ether oxygens (including phenoxy) is 1. The Morgan fingerprint density at radius 3 is 3.04 bits per heavy atom. The van der Waals surface area contributed by atoms with Gasteiger partial charge in [-0.25, -0.2) is 0 Å². The van der Waals surface area contributed by atoms with Crippen LogP contribution in [0.25, 0.3) is 0 Å². The van der Waals surface area contributed by atoms with Crippen LogP contribution in [0.2, 0.25) is 0 Å². The number of nitrogens with zero attached hydrogens (tertiary/aromatic N) is 1. The van der Waals surface area contributed by atoms with E-state index in [4.69, 9.17) is 4.74 Å². The highest BCUT2D eigenvalue weighted by Crippen LogP contribution is 2.39. The van der Waals surface area contributed by atoms with Crippen LogP contribution in [-0.4, -0.2) is 24.0 Å². The molecule has 0 fully saturated rings. The number of amides is 1. The molecule has 2 aliphatic rings. The van der Waals surface area contributed by atoms with Crippen LogP contribution in [-0.2, 0) is 16.1 Å². The largest absolute Gasteiger partial charge is 0.488 e. The number of allylic oxidation sites excluding steroid dienone is 4. The molecule has 1 heterocycles. The van der Waals surface area contributed by atoms with E-state index in [1.54, 1.807) is 16.9 Å². The average molecular weight is 331 g/mol. The molecule has 1 aromatic heterocycles. The van der Waals surface area contributed by atoms with E-state index in [1.165, 1.54) is 29.7 Å². The number of likely N-dealkylation sites (N-methyl/N-ethyl adjacent to an activating group) is 1. The lowest BCUT2D eigenvalue weighted by molar-refractivity contribution is -0.135. The number of rotatable bonds is 6. The molecule has 0 saturated heterocycles. The number of carbonyl (C=O) groups excluding carboxylic acids is 1. The molecule has 2 aliphatic carbocycles. The molecule has 0 saturated carbocycles. The Bertz CT molecular complexity index is 615. The van der Waals surface area contributed by atoms with Crippen LogP contribution in [0.4, 0.5) is 0 Å². The summed E-state index contributed by atoms with van der Waals surface area (Å²) in [7, 11) is 0. The number of carbonyl (C=O) groups is 1. The van der Waals surface area contributed by atoms with Gasteiger partial charge in [0.05, 0.1) is 12.3 Å². The monoisotopic (exact) mass is 331 g/mol. The van der Waals surface area contributed by atoms with Crippen molar-refractivity contribution in [3.05, 3.63) is 45.4 Å². The van der Waals surface area contributed by atoms with E-state index in [-0.39, 0.29) is 12.5 Å². The highest BCUT2D eigenvalue weighted by molar-refractivity contribution is 7.09. The second-order valence-electron chi connectivity index (χ2n) is 6.40. The first-order valence-corrected chi connectivity index (χ1v) is 9.40. The van der Waals surface area contributed by atoms with Gasteiger partial charge in [0.15, 0.2) is 6.61 Å². The zero-order valence-electron chi connectivity index (χ0n) is 14.0. The quantitative estimate of drug-likeness (QED) is 0.767. The van der Waals surface area contributed by atoms with Gasteiger partial charge in [-0.1, -0.05) is 18.6 Å². The molecule has 3 nitrogen and oxygen atoms in total. The van der Waals surface area contributed by atoms with Crippen LogP contribution in [0.15, 0.2) is 40.5 Å². The summed E-state index contributed by atoms with van der Waals surface area (Å²) in [6.07, 6.45) is 6.79. The van der Waals surface area contributed by atoms with Crippen LogP contribution in [0, 0.1) is 5.92 Å². The third kappa shape index (κ3) is 3.86. The fraction of sp³-hybridized carbons (Fsp3) is 0.526. The molecule has 1 atom stereocenters. The molecule has 1 unspecified atom stereocenters. The highest BCUT2D eigenvalue weighted by Gasteiger charge is 2.25. The fourth-order valence-corrected chi connectivity index (χ4v) is 4.23. The molecular formula is C19H25NO2S. The number of hydrogen-bond acceptors (Lipinski definition) is 3. The Morgan fingerprint density at radius 1 is 1.43 bits per heavy atom. The van der Waals surface area contributed by atoms with Gasteiger partial charge in [-0.05, 0) is 55.2 Å². The van der Waals surface area contributed by atoms with E-state index >= 15 is 0 Å². The second-order valence-corrected chi connectivity index (χ2v) is 7.43. The van der Waals surface area contributed by atoms with E-state index in [2.05, 4.69) is 19.1 Å². The van der Waals surface area contributed by atoms with Crippen LogP contribution >= 0.6 is 11.3 Å². The normalized spacial score (nSPS) is 20.3. The summed E-state index contributed by atoms with van der Waals surface area (Å²) in [6, 6.07) is 4.09. The van der Waals surface area contributed by atoms with Gasteiger partial charge in [0, 0.05) is 17.8 Å². The first kappa shape index (κ1) is 16.3. The highest BCUT2D eigenvalue weighted by atomic mass is 32.1. The Labute approximate surface area is 142 Å². The molecule has 124 valence electrons. The minimum atomic E-state index is 0.0700. The minimum Gasteiger partial charge on any atom is -0.488 e. The van der Waals surface area contributed by atoms with Crippen molar-refractivity contribution in [3.8, 4) is 0 Å². The van der Waals surface area contributed by atoms with Gasteiger partial charge >= 0.3 is 0 Å². The zero-order chi connectivity index (χ0) is 16.2. The SMILES string of the molecule is CCN(Cc1cccs1)C(=O)COC1=CC2=C(CCC2)C(C)C1. The van der Waals surface area contributed by atoms with Crippen molar-refractivity contribution in [1.29, 1.82) is 0 Å². The third-order valence-electron chi connectivity index (χ3n) is 4.78. The average Bonchev–Trinajstić information content (AvgIpc) is 3.21. The van der Waals surface area contributed by atoms with Gasteiger partial charge in [0.2, 0.25) is 0 Å². The summed E-state index contributed by atoms with van der Waals surface area (Å²) in [5, 5.41) is 2.05. The standard InChI is InChI=1S/C19H25NO2S/c1-3-20(12-17-7-5-9-23-17)19(21)13-22-16-10-14(2)18-8-4-6-15(18)11-16/h5,7,9,11,14H,3-4,6,8,10,12-13H2,1-2H3. The maximum Gasteiger partial charge on any atom is 0.260 e. The smallest absolute Gasteiger partial charge is 0.260 e. The van der Waals surface area contributed by atoms with E-state index in [1.807, 2.05) is 23.3 Å². The minimum absolute atomic E-state index is 0.0700. The molecule has 0 spiro atoms. The van der Waals surface area contributed by atoms with Gasteiger partial charge in [0.1, 0.15) is 0 Å². The molecule has 0 aromatic carbocycles. The molecule has 1 amide bonds. The second kappa shape index (κ2) is 7.35. The molecule has 1 aromatic rings. The molecule has 23 heavy (non-hydrogen) atoms. The lowest BCUT2D eigenvalue weighted by Gasteiger charge is -2.24. The van der Waals surface area contributed by atoms with Crippen LogP contribution in [0.3, 0.4) is 0 Å². The summed E-state index contributed by atoms with van der Waals surface area (Å²) in [5.41, 5.74) is 3.06. The number of hydrogen-bond donors (Lipinski definition) is 0. The molecule has 4 heteroatoms. The lowest BCUT2D eigenvalue weighted by Crippen LogP contribution is -2.33. The Hall–Kier alpha value is -1.55. The van der Waals surface area contributed by atoms with E-state index in [9.17, 15) is 4.79 Å². The van der Waals surface area contributed by atoms with Crippen molar-refractivity contribution in [3.63, 3.8) is 0 Å². The summed E-state index contributed by atoms with van der Waals surface area (Å²) < 4.78 is 5.86.